The normalized spacial score (nSPS) is 12.7. The highest BCUT2D eigenvalue weighted by atomic mass is 32.2. The molecule has 0 amide bonds. The van der Waals surface area contributed by atoms with E-state index in [9.17, 15) is 18.6 Å². The molecule has 0 aliphatic heterocycles. The minimum absolute atomic E-state index is 0.0331. The molecule has 0 heterocycles. The summed E-state index contributed by atoms with van der Waals surface area (Å²) in [4.78, 5) is 0.464. The van der Waals surface area contributed by atoms with Gasteiger partial charge in [-0.05, 0) is 34.4 Å². The lowest BCUT2D eigenvalue weighted by molar-refractivity contribution is 0.426. The SMILES string of the molecule is CS(=O)c1cccc2cc(F)cc(B(O)O)c12. The van der Waals surface area contributed by atoms with Crippen molar-refractivity contribution in [1.29, 1.82) is 0 Å². The molecule has 0 spiro atoms. The minimum atomic E-state index is -1.79. The van der Waals surface area contributed by atoms with Crippen LogP contribution >= 0.6 is 0 Å². The highest BCUT2D eigenvalue weighted by Gasteiger charge is 2.19. The van der Waals surface area contributed by atoms with Gasteiger partial charge >= 0.3 is 7.12 Å². The van der Waals surface area contributed by atoms with Crippen LogP contribution in [0.1, 0.15) is 0 Å². The van der Waals surface area contributed by atoms with Crippen LogP contribution in [0, 0.1) is 5.82 Å². The Kier molecular flexibility index (Phi) is 3.28. The van der Waals surface area contributed by atoms with E-state index in [4.69, 9.17) is 0 Å². The topological polar surface area (TPSA) is 57.5 Å². The molecule has 1 atom stereocenters. The van der Waals surface area contributed by atoms with E-state index in [1.165, 1.54) is 12.3 Å². The fraction of sp³-hybridized carbons (Fsp3) is 0.0909. The lowest BCUT2D eigenvalue weighted by atomic mass is 9.77. The van der Waals surface area contributed by atoms with Gasteiger partial charge in [-0.15, -0.1) is 0 Å². The Hall–Kier alpha value is -1.24. The van der Waals surface area contributed by atoms with Crippen molar-refractivity contribution < 1.29 is 18.6 Å². The van der Waals surface area contributed by atoms with Gasteiger partial charge in [-0.25, -0.2) is 4.39 Å². The molecule has 0 aliphatic rings. The van der Waals surface area contributed by atoms with Gasteiger partial charge in [0.2, 0.25) is 0 Å². The van der Waals surface area contributed by atoms with E-state index in [2.05, 4.69) is 0 Å². The Morgan fingerprint density at radius 3 is 2.59 bits per heavy atom. The molecule has 3 nitrogen and oxygen atoms in total. The highest BCUT2D eigenvalue weighted by Crippen LogP contribution is 2.21. The van der Waals surface area contributed by atoms with Crippen molar-refractivity contribution in [3.63, 3.8) is 0 Å². The molecule has 0 fully saturated rings. The monoisotopic (exact) mass is 252 g/mol. The van der Waals surface area contributed by atoms with Crippen LogP contribution in [-0.4, -0.2) is 27.6 Å². The number of fused-ring (bicyclic) bond motifs is 1. The summed E-state index contributed by atoms with van der Waals surface area (Å²) in [7, 11) is -3.08. The van der Waals surface area contributed by atoms with Crippen molar-refractivity contribution in [3.8, 4) is 0 Å². The van der Waals surface area contributed by atoms with Gasteiger partial charge < -0.3 is 10.0 Å². The summed E-state index contributed by atoms with van der Waals surface area (Å²) in [5, 5.41) is 19.4. The third-order valence-corrected chi connectivity index (χ3v) is 3.48. The Morgan fingerprint density at radius 2 is 2.00 bits per heavy atom. The number of hydrogen-bond acceptors (Lipinski definition) is 3. The smallest absolute Gasteiger partial charge is 0.423 e. The lowest BCUT2D eigenvalue weighted by Crippen LogP contribution is -2.31. The average molecular weight is 252 g/mol. The van der Waals surface area contributed by atoms with Gasteiger partial charge in [0, 0.05) is 11.2 Å². The van der Waals surface area contributed by atoms with Gasteiger partial charge in [0.25, 0.3) is 0 Å². The summed E-state index contributed by atoms with van der Waals surface area (Å²) in [5.74, 6) is -0.556. The maximum Gasteiger partial charge on any atom is 0.489 e. The lowest BCUT2D eigenvalue weighted by Gasteiger charge is -2.10. The van der Waals surface area contributed by atoms with Crippen molar-refractivity contribution in [2.75, 3.05) is 6.26 Å². The molecule has 2 N–H and O–H groups in total. The second-order valence-electron chi connectivity index (χ2n) is 3.68. The van der Waals surface area contributed by atoms with Gasteiger partial charge in [0.1, 0.15) is 5.82 Å². The second kappa shape index (κ2) is 4.56. The number of hydrogen-bond donors (Lipinski definition) is 2. The Balaban J connectivity index is 2.91. The third kappa shape index (κ3) is 2.24. The van der Waals surface area contributed by atoms with Crippen molar-refractivity contribution in [3.05, 3.63) is 36.1 Å². The number of halogens is 1. The average Bonchev–Trinajstić information content (AvgIpc) is 2.26. The molecule has 2 rings (SSSR count). The van der Waals surface area contributed by atoms with Crippen molar-refractivity contribution >= 4 is 34.2 Å². The van der Waals surface area contributed by atoms with E-state index in [0.29, 0.717) is 15.7 Å². The van der Waals surface area contributed by atoms with E-state index in [0.717, 1.165) is 6.07 Å². The Morgan fingerprint density at radius 1 is 1.29 bits per heavy atom. The van der Waals surface area contributed by atoms with Crippen molar-refractivity contribution in [1.82, 2.24) is 0 Å². The number of rotatable bonds is 2. The quantitative estimate of drug-likeness (QED) is 0.760. The molecule has 2 aromatic rings. The van der Waals surface area contributed by atoms with E-state index >= 15 is 0 Å². The molecule has 0 saturated heterocycles. The first-order chi connectivity index (χ1) is 8.00. The zero-order chi connectivity index (χ0) is 12.6. The van der Waals surface area contributed by atoms with E-state index in [1.807, 2.05) is 0 Å². The molecule has 0 aliphatic carbocycles. The van der Waals surface area contributed by atoms with Crippen molar-refractivity contribution in [2.24, 2.45) is 0 Å². The number of benzene rings is 2. The molecule has 0 radical (unpaired) electrons. The van der Waals surface area contributed by atoms with Gasteiger partial charge in [0.05, 0.1) is 10.8 Å². The summed E-state index contributed by atoms with van der Waals surface area (Å²) in [5.41, 5.74) is 0.0331. The van der Waals surface area contributed by atoms with Crippen LogP contribution < -0.4 is 5.46 Å². The van der Waals surface area contributed by atoms with Gasteiger partial charge in [-0.2, -0.15) is 0 Å². The van der Waals surface area contributed by atoms with E-state index in [1.54, 1.807) is 18.2 Å². The fourth-order valence-corrected chi connectivity index (χ4v) is 2.62. The summed E-state index contributed by atoms with van der Waals surface area (Å²) < 4.78 is 24.9. The maximum absolute atomic E-state index is 13.3. The summed E-state index contributed by atoms with van der Waals surface area (Å²) in [6, 6.07) is 7.25. The highest BCUT2D eigenvalue weighted by molar-refractivity contribution is 7.84. The van der Waals surface area contributed by atoms with E-state index < -0.39 is 23.7 Å². The molecule has 17 heavy (non-hydrogen) atoms. The molecule has 2 aromatic carbocycles. The molecular weight excluding hydrogens is 242 g/mol. The molecule has 0 aromatic heterocycles. The first-order valence-corrected chi connectivity index (χ1v) is 6.48. The van der Waals surface area contributed by atoms with Crippen LogP contribution in [0.3, 0.4) is 0 Å². The third-order valence-electron chi connectivity index (χ3n) is 2.52. The van der Waals surface area contributed by atoms with Crippen molar-refractivity contribution in [2.45, 2.75) is 4.90 Å². The van der Waals surface area contributed by atoms with Crippen LogP contribution in [0.15, 0.2) is 35.2 Å². The predicted octanol–water partition coefficient (Wildman–Crippen LogP) is 0.396. The first-order valence-electron chi connectivity index (χ1n) is 4.92. The summed E-state index contributed by atoms with van der Waals surface area (Å²) in [6.45, 7) is 0. The molecule has 6 heteroatoms. The standard InChI is InChI=1S/C11H10BFO3S/c1-17(16)10-4-2-3-7-5-8(13)6-9(11(7)10)12(14)15/h2-6,14-15H,1H3. The summed E-state index contributed by atoms with van der Waals surface area (Å²) >= 11 is 0. The van der Waals surface area contributed by atoms with Crippen LogP contribution in [0.4, 0.5) is 4.39 Å². The molecule has 88 valence electrons. The van der Waals surface area contributed by atoms with Crippen LogP contribution in [0.5, 0.6) is 0 Å². The predicted molar refractivity (Wildman–Crippen MR) is 66.1 cm³/mol. The molecule has 0 saturated carbocycles. The van der Waals surface area contributed by atoms with Gasteiger partial charge in [-0.3, -0.25) is 4.21 Å². The Labute approximate surface area is 100 Å². The maximum atomic E-state index is 13.3. The fourth-order valence-electron chi connectivity index (χ4n) is 1.83. The van der Waals surface area contributed by atoms with E-state index in [-0.39, 0.29) is 5.46 Å². The first kappa shape index (κ1) is 12.2. The van der Waals surface area contributed by atoms with Gasteiger partial charge in [0.15, 0.2) is 0 Å². The Bertz CT molecular complexity index is 601. The molecule has 1 unspecified atom stereocenters. The molecule has 0 bridgehead atoms. The minimum Gasteiger partial charge on any atom is -0.423 e. The second-order valence-corrected chi connectivity index (χ2v) is 5.03. The van der Waals surface area contributed by atoms with Crippen LogP contribution in [0.2, 0.25) is 0 Å². The summed E-state index contributed by atoms with van der Waals surface area (Å²) in [6.07, 6.45) is 1.49. The van der Waals surface area contributed by atoms with Gasteiger partial charge in [-0.1, -0.05) is 12.1 Å². The zero-order valence-corrected chi connectivity index (χ0v) is 9.87. The van der Waals surface area contributed by atoms with Crippen LogP contribution in [-0.2, 0) is 10.8 Å². The van der Waals surface area contributed by atoms with Crippen LogP contribution in [0.25, 0.3) is 10.8 Å². The molecular formula is C11H10BFO3S. The zero-order valence-electron chi connectivity index (χ0n) is 9.05. The largest absolute Gasteiger partial charge is 0.489 e.